The van der Waals surface area contributed by atoms with E-state index in [-0.39, 0.29) is 0 Å². The van der Waals surface area contributed by atoms with E-state index >= 15 is 0 Å². The summed E-state index contributed by atoms with van der Waals surface area (Å²) >= 11 is 0. The van der Waals surface area contributed by atoms with Crippen LogP contribution in [-0.4, -0.2) is 36.1 Å². The zero-order valence-corrected chi connectivity index (χ0v) is 12.2. The number of aryl methyl sites for hydroxylation is 1. The lowest BCUT2D eigenvalue weighted by Gasteiger charge is -2.26. The summed E-state index contributed by atoms with van der Waals surface area (Å²) in [7, 11) is 0. The summed E-state index contributed by atoms with van der Waals surface area (Å²) < 4.78 is 0. The van der Waals surface area contributed by atoms with Crippen LogP contribution in [-0.2, 0) is 0 Å². The fourth-order valence-corrected chi connectivity index (χ4v) is 2.92. The van der Waals surface area contributed by atoms with Crippen LogP contribution in [0.5, 0.6) is 0 Å². The Hall–Kier alpha value is -1.61. The molecule has 3 rings (SSSR count). The Morgan fingerprint density at radius 1 is 1.15 bits per heavy atom. The zero-order chi connectivity index (χ0) is 13.8. The number of hydrogen-bond acceptors (Lipinski definition) is 3. The highest BCUT2D eigenvalue weighted by Crippen LogP contribution is 2.19. The lowest BCUT2D eigenvalue weighted by Crippen LogP contribution is -2.33. The molecule has 1 aliphatic rings. The number of nitrogens with one attached hydrogen (secondary N) is 1. The van der Waals surface area contributed by atoms with Crippen LogP contribution in [0.3, 0.4) is 0 Å². The molecule has 20 heavy (non-hydrogen) atoms. The van der Waals surface area contributed by atoms with Crippen molar-refractivity contribution in [1.82, 2.24) is 9.88 Å². The van der Waals surface area contributed by atoms with E-state index < -0.39 is 0 Å². The lowest BCUT2D eigenvalue weighted by atomic mass is 10.1. The van der Waals surface area contributed by atoms with Gasteiger partial charge in [0.15, 0.2) is 0 Å². The molecule has 0 spiro atoms. The third-order valence-corrected chi connectivity index (χ3v) is 4.08. The van der Waals surface area contributed by atoms with Crippen LogP contribution in [0.15, 0.2) is 30.3 Å². The molecule has 1 fully saturated rings. The van der Waals surface area contributed by atoms with E-state index in [9.17, 15) is 0 Å². The van der Waals surface area contributed by atoms with Crippen LogP contribution in [0.4, 0.5) is 5.82 Å². The highest BCUT2D eigenvalue weighted by Gasteiger charge is 2.09. The maximum Gasteiger partial charge on any atom is 0.129 e. The summed E-state index contributed by atoms with van der Waals surface area (Å²) in [5, 5.41) is 4.71. The first-order valence-corrected chi connectivity index (χ1v) is 7.65. The Kier molecular flexibility index (Phi) is 4.16. The van der Waals surface area contributed by atoms with Gasteiger partial charge in [-0.15, -0.1) is 0 Å². The van der Waals surface area contributed by atoms with Crippen molar-refractivity contribution in [1.29, 1.82) is 0 Å². The molecular weight excluding hydrogens is 246 g/mol. The molecule has 0 saturated carbocycles. The molecule has 0 atom stereocenters. The first-order valence-electron chi connectivity index (χ1n) is 7.65. The van der Waals surface area contributed by atoms with Crippen molar-refractivity contribution >= 4 is 16.7 Å². The molecule has 2 aromatic rings. The van der Waals surface area contributed by atoms with E-state index in [1.807, 2.05) is 6.07 Å². The first-order chi connectivity index (χ1) is 9.83. The maximum absolute atomic E-state index is 4.73. The fraction of sp³-hybridized carbons (Fsp3) is 0.471. The molecule has 1 aromatic heterocycles. The number of rotatable bonds is 4. The average Bonchev–Trinajstić information content (AvgIpc) is 2.49. The minimum atomic E-state index is 0.978. The molecule has 3 nitrogen and oxygen atoms in total. The van der Waals surface area contributed by atoms with Crippen LogP contribution in [0.25, 0.3) is 10.9 Å². The SMILES string of the molecule is Cc1cc2ccccc2nc1NCCN1CCCCC1. The second kappa shape index (κ2) is 6.23. The lowest BCUT2D eigenvalue weighted by molar-refractivity contribution is 0.237. The normalized spacial score (nSPS) is 16.4. The van der Waals surface area contributed by atoms with Crippen molar-refractivity contribution < 1.29 is 0 Å². The minimum absolute atomic E-state index is 0.978. The van der Waals surface area contributed by atoms with Crippen molar-refractivity contribution in [2.45, 2.75) is 26.2 Å². The molecular formula is C17H23N3. The fourth-order valence-electron chi connectivity index (χ4n) is 2.92. The van der Waals surface area contributed by atoms with Crippen LogP contribution in [0.2, 0.25) is 0 Å². The van der Waals surface area contributed by atoms with Gasteiger partial charge in [-0.25, -0.2) is 4.98 Å². The van der Waals surface area contributed by atoms with Crippen molar-refractivity contribution in [3.05, 3.63) is 35.9 Å². The van der Waals surface area contributed by atoms with Crippen LogP contribution in [0.1, 0.15) is 24.8 Å². The molecule has 1 N–H and O–H groups in total. The van der Waals surface area contributed by atoms with Crippen molar-refractivity contribution in [2.24, 2.45) is 0 Å². The molecule has 1 aromatic carbocycles. The largest absolute Gasteiger partial charge is 0.369 e. The van der Waals surface area contributed by atoms with Gasteiger partial charge in [-0.3, -0.25) is 0 Å². The van der Waals surface area contributed by atoms with E-state index in [1.165, 1.54) is 43.3 Å². The van der Waals surface area contributed by atoms with Crippen molar-refractivity contribution in [3.63, 3.8) is 0 Å². The van der Waals surface area contributed by atoms with Gasteiger partial charge in [0, 0.05) is 18.5 Å². The van der Waals surface area contributed by atoms with Crippen LogP contribution < -0.4 is 5.32 Å². The standard InChI is InChI=1S/C17H23N3/c1-14-13-15-7-3-4-8-16(15)19-17(14)18-9-12-20-10-5-2-6-11-20/h3-4,7-8,13H,2,5-6,9-12H2,1H3,(H,18,19). The number of benzene rings is 1. The van der Waals surface area contributed by atoms with Gasteiger partial charge in [0.1, 0.15) is 5.82 Å². The Labute approximate surface area is 121 Å². The number of anilines is 1. The number of aromatic nitrogens is 1. The van der Waals surface area contributed by atoms with Crippen LogP contribution in [0, 0.1) is 6.92 Å². The maximum atomic E-state index is 4.73. The van der Waals surface area contributed by atoms with E-state index in [2.05, 4.69) is 41.4 Å². The Balaban J connectivity index is 1.63. The van der Waals surface area contributed by atoms with Gasteiger partial charge in [0.25, 0.3) is 0 Å². The van der Waals surface area contributed by atoms with Crippen molar-refractivity contribution in [2.75, 3.05) is 31.5 Å². The molecule has 2 heterocycles. The second-order valence-corrected chi connectivity index (χ2v) is 5.68. The molecule has 1 saturated heterocycles. The monoisotopic (exact) mass is 269 g/mol. The molecule has 1 aliphatic heterocycles. The Bertz CT molecular complexity index is 573. The number of fused-ring (bicyclic) bond motifs is 1. The van der Waals surface area contributed by atoms with Gasteiger partial charge in [-0.1, -0.05) is 24.6 Å². The topological polar surface area (TPSA) is 28.2 Å². The summed E-state index contributed by atoms with van der Waals surface area (Å²) in [6.07, 6.45) is 4.11. The van der Waals surface area contributed by atoms with E-state index in [4.69, 9.17) is 4.98 Å². The third kappa shape index (κ3) is 3.10. The Morgan fingerprint density at radius 2 is 1.95 bits per heavy atom. The van der Waals surface area contributed by atoms with E-state index in [0.717, 1.165) is 24.4 Å². The summed E-state index contributed by atoms with van der Waals surface area (Å²) in [4.78, 5) is 7.28. The van der Waals surface area contributed by atoms with E-state index in [1.54, 1.807) is 0 Å². The van der Waals surface area contributed by atoms with Crippen LogP contribution >= 0.6 is 0 Å². The van der Waals surface area contributed by atoms with Gasteiger partial charge in [0.2, 0.25) is 0 Å². The quantitative estimate of drug-likeness (QED) is 0.921. The zero-order valence-electron chi connectivity index (χ0n) is 12.2. The Morgan fingerprint density at radius 3 is 2.80 bits per heavy atom. The summed E-state index contributed by atoms with van der Waals surface area (Å²) in [6.45, 7) is 6.74. The minimum Gasteiger partial charge on any atom is -0.369 e. The number of pyridine rings is 1. The summed E-state index contributed by atoms with van der Waals surface area (Å²) in [5.74, 6) is 1.03. The third-order valence-electron chi connectivity index (χ3n) is 4.08. The molecule has 0 aliphatic carbocycles. The summed E-state index contributed by atoms with van der Waals surface area (Å²) in [5.41, 5.74) is 2.29. The number of piperidine rings is 1. The predicted molar refractivity (Wildman–Crippen MR) is 85.3 cm³/mol. The summed E-state index contributed by atoms with van der Waals surface area (Å²) in [6, 6.07) is 10.5. The van der Waals surface area contributed by atoms with Gasteiger partial charge in [-0.2, -0.15) is 0 Å². The number of likely N-dealkylation sites (tertiary alicyclic amines) is 1. The smallest absolute Gasteiger partial charge is 0.129 e. The second-order valence-electron chi connectivity index (χ2n) is 5.68. The van der Waals surface area contributed by atoms with Gasteiger partial charge in [0.05, 0.1) is 5.52 Å². The molecule has 0 unspecified atom stereocenters. The predicted octanol–water partition coefficient (Wildman–Crippen LogP) is 3.44. The molecule has 3 heteroatoms. The molecule has 0 amide bonds. The molecule has 0 radical (unpaired) electrons. The number of nitrogens with zero attached hydrogens (tertiary/aromatic N) is 2. The van der Waals surface area contributed by atoms with E-state index in [0.29, 0.717) is 0 Å². The average molecular weight is 269 g/mol. The van der Waals surface area contributed by atoms with Crippen molar-refractivity contribution in [3.8, 4) is 0 Å². The first kappa shape index (κ1) is 13.4. The highest BCUT2D eigenvalue weighted by molar-refractivity contribution is 5.81. The molecule has 106 valence electrons. The van der Waals surface area contributed by atoms with Gasteiger partial charge < -0.3 is 10.2 Å². The highest BCUT2D eigenvalue weighted by atomic mass is 15.1. The van der Waals surface area contributed by atoms with Gasteiger partial charge in [-0.05, 0) is 50.6 Å². The number of hydrogen-bond donors (Lipinski definition) is 1. The molecule has 0 bridgehead atoms. The number of para-hydroxylation sites is 1. The van der Waals surface area contributed by atoms with Gasteiger partial charge >= 0.3 is 0 Å².